The van der Waals surface area contributed by atoms with E-state index in [4.69, 9.17) is 4.74 Å². The SMILES string of the molecule is Cc1ccc(S(=O)(=O)Nc2cnc(Oc3ccccc3F)nc2)cc1C. The van der Waals surface area contributed by atoms with E-state index in [2.05, 4.69) is 14.7 Å². The summed E-state index contributed by atoms with van der Waals surface area (Å²) in [7, 11) is -3.76. The van der Waals surface area contributed by atoms with Crippen molar-refractivity contribution in [2.75, 3.05) is 4.72 Å². The third kappa shape index (κ3) is 3.97. The standard InChI is InChI=1S/C18H16FN3O3S/c1-12-7-8-15(9-13(12)2)26(23,24)22-14-10-20-18(21-11-14)25-17-6-4-3-5-16(17)19/h3-11,22H,1-2H3. The Morgan fingerprint density at radius 2 is 1.69 bits per heavy atom. The van der Waals surface area contributed by atoms with Crippen LogP contribution in [-0.2, 0) is 10.0 Å². The van der Waals surface area contributed by atoms with Crippen LogP contribution in [0.2, 0.25) is 0 Å². The van der Waals surface area contributed by atoms with Crippen LogP contribution < -0.4 is 9.46 Å². The summed E-state index contributed by atoms with van der Waals surface area (Å²) in [5.41, 5.74) is 2.05. The minimum atomic E-state index is -3.76. The first kappa shape index (κ1) is 17.8. The maximum absolute atomic E-state index is 13.6. The fourth-order valence-electron chi connectivity index (χ4n) is 2.14. The van der Waals surface area contributed by atoms with Gasteiger partial charge in [0.2, 0.25) is 0 Å². The van der Waals surface area contributed by atoms with Gasteiger partial charge in [-0.2, -0.15) is 0 Å². The summed E-state index contributed by atoms with van der Waals surface area (Å²) in [6.45, 7) is 3.74. The number of hydrogen-bond donors (Lipinski definition) is 1. The summed E-state index contributed by atoms with van der Waals surface area (Å²) < 4.78 is 46.1. The molecule has 8 heteroatoms. The van der Waals surface area contributed by atoms with Gasteiger partial charge < -0.3 is 4.74 Å². The first-order valence-electron chi connectivity index (χ1n) is 7.70. The number of rotatable bonds is 5. The molecule has 0 aliphatic carbocycles. The molecule has 3 aromatic rings. The van der Waals surface area contributed by atoms with Gasteiger partial charge in [-0.25, -0.2) is 22.8 Å². The molecular weight excluding hydrogens is 357 g/mol. The number of nitrogens with one attached hydrogen (secondary N) is 1. The Kier molecular flexibility index (Phi) is 4.85. The number of para-hydroxylation sites is 1. The predicted molar refractivity (Wildman–Crippen MR) is 95.2 cm³/mol. The molecule has 0 atom stereocenters. The molecule has 0 aliphatic rings. The Hall–Kier alpha value is -3.00. The Morgan fingerprint density at radius 3 is 2.35 bits per heavy atom. The number of ether oxygens (including phenoxy) is 1. The average molecular weight is 373 g/mol. The van der Waals surface area contributed by atoms with E-state index in [1.807, 2.05) is 13.8 Å². The molecule has 26 heavy (non-hydrogen) atoms. The molecule has 0 unspecified atom stereocenters. The van der Waals surface area contributed by atoms with E-state index in [1.54, 1.807) is 18.2 Å². The van der Waals surface area contributed by atoms with Crippen molar-refractivity contribution in [2.24, 2.45) is 0 Å². The van der Waals surface area contributed by atoms with Crippen molar-refractivity contribution in [2.45, 2.75) is 18.7 Å². The number of anilines is 1. The molecule has 0 saturated heterocycles. The second-order valence-electron chi connectivity index (χ2n) is 5.64. The van der Waals surface area contributed by atoms with Gasteiger partial charge in [-0.15, -0.1) is 0 Å². The molecule has 1 heterocycles. The maximum Gasteiger partial charge on any atom is 0.322 e. The van der Waals surface area contributed by atoms with Crippen molar-refractivity contribution < 1.29 is 17.5 Å². The topological polar surface area (TPSA) is 81.2 Å². The molecule has 6 nitrogen and oxygen atoms in total. The highest BCUT2D eigenvalue weighted by Crippen LogP contribution is 2.22. The van der Waals surface area contributed by atoms with E-state index >= 15 is 0 Å². The molecule has 3 rings (SSSR count). The van der Waals surface area contributed by atoms with Crippen molar-refractivity contribution in [3.8, 4) is 11.8 Å². The van der Waals surface area contributed by atoms with E-state index in [1.165, 1.54) is 36.7 Å². The number of benzene rings is 2. The summed E-state index contributed by atoms with van der Waals surface area (Å²) in [5.74, 6) is -0.563. The summed E-state index contributed by atoms with van der Waals surface area (Å²) >= 11 is 0. The first-order chi connectivity index (χ1) is 12.3. The van der Waals surface area contributed by atoms with E-state index < -0.39 is 15.8 Å². The Morgan fingerprint density at radius 1 is 1.00 bits per heavy atom. The van der Waals surface area contributed by atoms with E-state index in [0.29, 0.717) is 0 Å². The minimum absolute atomic E-state index is 0.0176. The fourth-order valence-corrected chi connectivity index (χ4v) is 3.26. The van der Waals surface area contributed by atoms with Crippen molar-refractivity contribution in [1.82, 2.24) is 9.97 Å². The quantitative estimate of drug-likeness (QED) is 0.735. The molecule has 1 aromatic heterocycles. The maximum atomic E-state index is 13.6. The van der Waals surface area contributed by atoms with Crippen LogP contribution in [0.1, 0.15) is 11.1 Å². The molecule has 0 amide bonds. The van der Waals surface area contributed by atoms with Gasteiger partial charge in [0.1, 0.15) is 0 Å². The smallest absolute Gasteiger partial charge is 0.322 e. The normalized spacial score (nSPS) is 11.2. The number of sulfonamides is 1. The van der Waals surface area contributed by atoms with Crippen LogP contribution in [0.4, 0.5) is 10.1 Å². The molecular formula is C18H16FN3O3S. The molecule has 0 bridgehead atoms. The fraction of sp³-hybridized carbons (Fsp3) is 0.111. The third-order valence-corrected chi connectivity index (χ3v) is 5.09. The lowest BCUT2D eigenvalue weighted by molar-refractivity contribution is 0.411. The Balaban J connectivity index is 1.76. The summed E-state index contributed by atoms with van der Waals surface area (Å²) in [6, 6.07) is 10.6. The van der Waals surface area contributed by atoms with E-state index in [9.17, 15) is 12.8 Å². The van der Waals surface area contributed by atoms with E-state index in [-0.39, 0.29) is 22.3 Å². The van der Waals surface area contributed by atoms with Crippen LogP contribution in [0.3, 0.4) is 0 Å². The van der Waals surface area contributed by atoms with Crippen molar-refractivity contribution in [1.29, 1.82) is 0 Å². The zero-order valence-corrected chi connectivity index (χ0v) is 14.9. The molecule has 2 aromatic carbocycles. The lowest BCUT2D eigenvalue weighted by Crippen LogP contribution is -2.13. The van der Waals surface area contributed by atoms with Gasteiger partial charge in [-0.05, 0) is 49.2 Å². The largest absolute Gasteiger partial charge is 0.421 e. The lowest BCUT2D eigenvalue weighted by Gasteiger charge is -2.10. The number of halogens is 1. The van der Waals surface area contributed by atoms with Gasteiger partial charge in [-0.3, -0.25) is 4.72 Å². The highest BCUT2D eigenvalue weighted by Gasteiger charge is 2.15. The number of aryl methyl sites for hydroxylation is 2. The number of nitrogens with zero attached hydrogens (tertiary/aromatic N) is 2. The van der Waals surface area contributed by atoms with Gasteiger partial charge in [0.15, 0.2) is 11.6 Å². The van der Waals surface area contributed by atoms with Crippen molar-refractivity contribution in [3.05, 3.63) is 71.8 Å². The van der Waals surface area contributed by atoms with Crippen molar-refractivity contribution >= 4 is 15.7 Å². The summed E-state index contributed by atoms with van der Waals surface area (Å²) in [4.78, 5) is 7.94. The van der Waals surface area contributed by atoms with Gasteiger partial charge >= 0.3 is 6.01 Å². The second kappa shape index (κ2) is 7.09. The van der Waals surface area contributed by atoms with Gasteiger partial charge in [-0.1, -0.05) is 18.2 Å². The Bertz CT molecular complexity index is 1040. The second-order valence-corrected chi connectivity index (χ2v) is 7.32. The zero-order chi connectivity index (χ0) is 18.7. The summed E-state index contributed by atoms with van der Waals surface area (Å²) in [6.07, 6.45) is 2.50. The molecule has 0 saturated carbocycles. The number of hydrogen-bond acceptors (Lipinski definition) is 5. The first-order valence-corrected chi connectivity index (χ1v) is 9.18. The van der Waals surface area contributed by atoms with Crippen LogP contribution in [0.25, 0.3) is 0 Å². The molecule has 1 N–H and O–H groups in total. The highest BCUT2D eigenvalue weighted by atomic mass is 32.2. The highest BCUT2D eigenvalue weighted by molar-refractivity contribution is 7.92. The molecule has 0 fully saturated rings. The molecule has 0 aliphatic heterocycles. The van der Waals surface area contributed by atoms with Crippen LogP contribution in [0, 0.1) is 19.7 Å². The van der Waals surface area contributed by atoms with Gasteiger partial charge in [0, 0.05) is 0 Å². The lowest BCUT2D eigenvalue weighted by atomic mass is 10.1. The molecule has 0 radical (unpaired) electrons. The third-order valence-electron chi connectivity index (χ3n) is 3.71. The summed E-state index contributed by atoms with van der Waals surface area (Å²) in [5, 5.41) is 0. The van der Waals surface area contributed by atoms with Crippen LogP contribution in [0.5, 0.6) is 11.8 Å². The van der Waals surface area contributed by atoms with E-state index in [0.717, 1.165) is 11.1 Å². The minimum Gasteiger partial charge on any atom is -0.421 e. The number of aromatic nitrogens is 2. The molecule has 134 valence electrons. The predicted octanol–water partition coefficient (Wildman–Crippen LogP) is 3.83. The van der Waals surface area contributed by atoms with Gasteiger partial charge in [0.25, 0.3) is 10.0 Å². The van der Waals surface area contributed by atoms with Crippen molar-refractivity contribution in [3.63, 3.8) is 0 Å². The van der Waals surface area contributed by atoms with Crippen LogP contribution in [0.15, 0.2) is 59.8 Å². The van der Waals surface area contributed by atoms with Gasteiger partial charge in [0.05, 0.1) is 23.0 Å². The monoisotopic (exact) mass is 373 g/mol. The zero-order valence-electron chi connectivity index (χ0n) is 14.1. The average Bonchev–Trinajstić information content (AvgIpc) is 2.60. The van der Waals surface area contributed by atoms with Crippen LogP contribution >= 0.6 is 0 Å². The molecule has 0 spiro atoms. The van der Waals surface area contributed by atoms with Crippen LogP contribution in [-0.4, -0.2) is 18.4 Å². The Labute approximate surface area is 150 Å².